The molecule has 0 saturated heterocycles. The predicted octanol–water partition coefficient (Wildman–Crippen LogP) is 0.195. The number of carbonyl (C=O) groups excluding carboxylic acids is 2. The van der Waals surface area contributed by atoms with Crippen LogP contribution in [0, 0.1) is 0 Å². The minimum absolute atomic E-state index is 0.0425. The van der Waals surface area contributed by atoms with E-state index in [1.807, 2.05) is 0 Å². The molecular formula is C10H7F2O5-. The molecular weight excluding hydrogens is 238 g/mol. The Morgan fingerprint density at radius 2 is 2.00 bits per heavy atom. The van der Waals surface area contributed by atoms with Crippen LogP contribution in [0.4, 0.5) is 8.78 Å². The van der Waals surface area contributed by atoms with Crippen LogP contribution in [0.15, 0.2) is 24.3 Å². The lowest BCUT2D eigenvalue weighted by molar-refractivity contribution is -0.350. The fourth-order valence-electron chi connectivity index (χ4n) is 0.994. The molecule has 0 radical (unpaired) electrons. The smallest absolute Gasteiger partial charge is 0.441 e. The average Bonchev–Trinajstić information content (AvgIpc) is 2.27. The van der Waals surface area contributed by atoms with Crippen LogP contribution in [0.25, 0.3) is 0 Å². The SMILES string of the molecule is COC(=O)c1cccc(OC(F)(F)C(=O)[O-])c1. The first-order chi connectivity index (χ1) is 7.86. The molecule has 0 atom stereocenters. The number of halogens is 2. The van der Waals surface area contributed by atoms with Crippen molar-refractivity contribution in [1.29, 1.82) is 0 Å². The molecule has 1 aromatic rings. The minimum atomic E-state index is -4.46. The Morgan fingerprint density at radius 3 is 2.53 bits per heavy atom. The highest BCUT2D eigenvalue weighted by Gasteiger charge is 2.34. The zero-order valence-electron chi connectivity index (χ0n) is 8.61. The van der Waals surface area contributed by atoms with E-state index in [1.54, 1.807) is 0 Å². The lowest BCUT2D eigenvalue weighted by Gasteiger charge is -2.18. The third-order valence-electron chi connectivity index (χ3n) is 1.74. The molecule has 1 aromatic carbocycles. The van der Waals surface area contributed by atoms with Crippen molar-refractivity contribution in [3.05, 3.63) is 29.8 Å². The molecule has 1 rings (SSSR count). The van der Waals surface area contributed by atoms with Gasteiger partial charge in [-0.05, 0) is 18.2 Å². The van der Waals surface area contributed by atoms with Gasteiger partial charge in [0, 0.05) is 0 Å². The van der Waals surface area contributed by atoms with E-state index in [0.717, 1.165) is 19.2 Å². The van der Waals surface area contributed by atoms with Gasteiger partial charge < -0.3 is 19.4 Å². The topological polar surface area (TPSA) is 75.7 Å². The second kappa shape index (κ2) is 4.77. The molecule has 0 heterocycles. The van der Waals surface area contributed by atoms with E-state index in [0.29, 0.717) is 0 Å². The first kappa shape index (κ1) is 12.9. The van der Waals surface area contributed by atoms with Crippen molar-refractivity contribution < 1.29 is 33.0 Å². The summed E-state index contributed by atoms with van der Waals surface area (Å²) in [6.45, 7) is 0. The van der Waals surface area contributed by atoms with Gasteiger partial charge in [0.15, 0.2) is 5.97 Å². The summed E-state index contributed by atoms with van der Waals surface area (Å²) in [6.07, 6.45) is -4.46. The van der Waals surface area contributed by atoms with Crippen molar-refractivity contribution in [3.8, 4) is 5.75 Å². The summed E-state index contributed by atoms with van der Waals surface area (Å²) in [5.74, 6) is -3.91. The molecule has 0 fully saturated rings. The quantitative estimate of drug-likeness (QED) is 0.708. The minimum Gasteiger partial charge on any atom is -0.541 e. The molecule has 17 heavy (non-hydrogen) atoms. The maximum Gasteiger partial charge on any atom is 0.441 e. The van der Waals surface area contributed by atoms with Gasteiger partial charge in [-0.15, -0.1) is 0 Å². The first-order valence-corrected chi connectivity index (χ1v) is 4.33. The second-order valence-corrected chi connectivity index (χ2v) is 2.93. The Balaban J connectivity index is 2.93. The number of carboxylic acid groups (broad SMARTS) is 1. The normalized spacial score (nSPS) is 10.8. The van der Waals surface area contributed by atoms with Crippen LogP contribution < -0.4 is 9.84 Å². The van der Waals surface area contributed by atoms with Gasteiger partial charge in [0.1, 0.15) is 5.75 Å². The summed E-state index contributed by atoms with van der Waals surface area (Å²) in [4.78, 5) is 21.1. The van der Waals surface area contributed by atoms with Crippen molar-refractivity contribution in [1.82, 2.24) is 0 Å². The number of hydrogen-bond donors (Lipinski definition) is 0. The Labute approximate surface area is 94.6 Å². The average molecular weight is 245 g/mol. The van der Waals surface area contributed by atoms with Crippen LogP contribution in [0.5, 0.6) is 5.75 Å². The van der Waals surface area contributed by atoms with Crippen molar-refractivity contribution >= 4 is 11.9 Å². The van der Waals surface area contributed by atoms with Gasteiger partial charge in [0.2, 0.25) is 0 Å². The molecule has 0 saturated carbocycles. The number of ether oxygens (including phenoxy) is 2. The van der Waals surface area contributed by atoms with Crippen LogP contribution in [-0.2, 0) is 9.53 Å². The van der Waals surface area contributed by atoms with E-state index in [4.69, 9.17) is 0 Å². The first-order valence-electron chi connectivity index (χ1n) is 4.33. The van der Waals surface area contributed by atoms with Crippen molar-refractivity contribution in [3.63, 3.8) is 0 Å². The molecule has 5 nitrogen and oxygen atoms in total. The van der Waals surface area contributed by atoms with Crippen LogP contribution >= 0.6 is 0 Å². The van der Waals surface area contributed by atoms with Gasteiger partial charge in [0.25, 0.3) is 0 Å². The number of aliphatic carboxylic acids is 1. The molecule has 0 bridgehead atoms. The van der Waals surface area contributed by atoms with E-state index in [2.05, 4.69) is 9.47 Å². The van der Waals surface area contributed by atoms with Crippen LogP contribution in [0.2, 0.25) is 0 Å². The highest BCUT2D eigenvalue weighted by Crippen LogP contribution is 2.22. The zero-order chi connectivity index (χ0) is 13.1. The Morgan fingerprint density at radius 1 is 1.35 bits per heavy atom. The molecule has 0 amide bonds. The maximum absolute atomic E-state index is 12.6. The molecule has 92 valence electrons. The van der Waals surface area contributed by atoms with Crippen LogP contribution in [0.1, 0.15) is 10.4 Å². The lowest BCUT2D eigenvalue weighted by Crippen LogP contribution is -2.45. The highest BCUT2D eigenvalue weighted by atomic mass is 19.3. The number of hydrogen-bond acceptors (Lipinski definition) is 5. The highest BCUT2D eigenvalue weighted by molar-refractivity contribution is 5.89. The van der Waals surface area contributed by atoms with Crippen LogP contribution in [0.3, 0.4) is 0 Å². The maximum atomic E-state index is 12.6. The summed E-state index contributed by atoms with van der Waals surface area (Å²) in [5, 5.41) is 10.0. The third-order valence-corrected chi connectivity index (χ3v) is 1.74. The van der Waals surface area contributed by atoms with Gasteiger partial charge in [-0.1, -0.05) is 6.07 Å². The Hall–Kier alpha value is -2.18. The number of alkyl halides is 2. The Kier molecular flexibility index (Phi) is 3.62. The molecule has 0 aromatic heterocycles. The van der Waals surface area contributed by atoms with Gasteiger partial charge >= 0.3 is 12.1 Å². The fraction of sp³-hybridized carbons (Fsp3) is 0.200. The molecule has 0 spiro atoms. The number of benzene rings is 1. The van der Waals surface area contributed by atoms with Gasteiger partial charge in [-0.25, -0.2) is 4.79 Å². The third kappa shape index (κ3) is 3.13. The molecule has 7 heteroatoms. The van der Waals surface area contributed by atoms with Crippen molar-refractivity contribution in [2.24, 2.45) is 0 Å². The van der Waals surface area contributed by atoms with Crippen molar-refractivity contribution in [2.45, 2.75) is 6.11 Å². The molecule has 0 aliphatic heterocycles. The summed E-state index contributed by atoms with van der Waals surface area (Å²) < 4.78 is 33.5. The second-order valence-electron chi connectivity index (χ2n) is 2.93. The molecule has 0 aliphatic carbocycles. The van der Waals surface area contributed by atoms with Gasteiger partial charge in [-0.3, -0.25) is 0 Å². The van der Waals surface area contributed by atoms with E-state index in [1.165, 1.54) is 12.1 Å². The zero-order valence-corrected chi connectivity index (χ0v) is 8.61. The van der Waals surface area contributed by atoms with Gasteiger partial charge in [0.05, 0.1) is 12.7 Å². The lowest BCUT2D eigenvalue weighted by atomic mass is 10.2. The number of carbonyl (C=O) groups is 2. The van der Waals surface area contributed by atoms with E-state index < -0.39 is 23.8 Å². The Bertz CT molecular complexity index is 444. The standard InChI is InChI=1S/C10H8F2O5/c1-16-8(13)6-3-2-4-7(5-6)17-10(11,12)9(14)15/h2-5H,1H3,(H,14,15)/p-1. The predicted molar refractivity (Wildman–Crippen MR) is 48.4 cm³/mol. The van der Waals surface area contributed by atoms with Gasteiger partial charge in [-0.2, -0.15) is 8.78 Å². The summed E-state index contributed by atoms with van der Waals surface area (Å²) in [7, 11) is 1.12. The largest absolute Gasteiger partial charge is 0.541 e. The summed E-state index contributed by atoms with van der Waals surface area (Å²) in [6, 6.07) is 4.55. The number of rotatable bonds is 4. The number of carboxylic acids is 1. The molecule has 0 N–H and O–H groups in total. The van der Waals surface area contributed by atoms with E-state index in [-0.39, 0.29) is 5.56 Å². The van der Waals surface area contributed by atoms with E-state index in [9.17, 15) is 23.5 Å². The summed E-state index contributed by atoms with van der Waals surface area (Å²) >= 11 is 0. The van der Waals surface area contributed by atoms with Crippen LogP contribution in [-0.4, -0.2) is 25.2 Å². The van der Waals surface area contributed by atoms with E-state index >= 15 is 0 Å². The molecule has 0 unspecified atom stereocenters. The van der Waals surface area contributed by atoms with Crippen molar-refractivity contribution in [2.75, 3.05) is 7.11 Å². The monoisotopic (exact) mass is 245 g/mol. The number of methoxy groups -OCH3 is 1. The molecule has 0 aliphatic rings. The fourth-order valence-corrected chi connectivity index (χ4v) is 0.994. The number of esters is 1. The summed E-state index contributed by atoms with van der Waals surface area (Å²) in [5.41, 5.74) is -0.0425.